The summed E-state index contributed by atoms with van der Waals surface area (Å²) < 4.78 is 0. The molecule has 1 fully saturated rings. The highest BCUT2D eigenvalue weighted by atomic mass is 32.2. The molecule has 3 rings (SSSR count). The van der Waals surface area contributed by atoms with E-state index >= 15 is 0 Å². The number of rotatable bonds is 2. The minimum Gasteiger partial charge on any atom is -0.385 e. The van der Waals surface area contributed by atoms with E-state index in [0.29, 0.717) is 5.25 Å². The minimum absolute atomic E-state index is 0.226. The Hall–Kier alpha value is -1.16. The lowest BCUT2D eigenvalue weighted by atomic mass is 9.96. The van der Waals surface area contributed by atoms with E-state index in [1.165, 1.54) is 5.56 Å². The Bertz CT molecular complexity index is 503. The number of fused-ring (bicyclic) bond motifs is 1. The van der Waals surface area contributed by atoms with Crippen LogP contribution in [0.25, 0.3) is 0 Å². The molecule has 4 heteroatoms. The number of benzene rings is 1. The van der Waals surface area contributed by atoms with Crippen LogP contribution >= 0.6 is 11.8 Å². The van der Waals surface area contributed by atoms with Crippen molar-refractivity contribution in [3.05, 3.63) is 29.3 Å². The van der Waals surface area contributed by atoms with Gasteiger partial charge in [-0.2, -0.15) is 11.8 Å². The van der Waals surface area contributed by atoms with Crippen LogP contribution in [0.4, 0.5) is 5.69 Å². The third kappa shape index (κ3) is 2.66. The number of thioether (sulfide) groups is 1. The van der Waals surface area contributed by atoms with Gasteiger partial charge in [0, 0.05) is 41.9 Å². The van der Waals surface area contributed by atoms with Crippen molar-refractivity contribution in [1.29, 1.82) is 0 Å². The molecule has 1 aromatic rings. The van der Waals surface area contributed by atoms with Crippen LogP contribution in [0.15, 0.2) is 18.2 Å². The van der Waals surface area contributed by atoms with E-state index in [1.54, 1.807) is 0 Å². The second-order valence-corrected chi connectivity index (χ2v) is 6.92. The lowest BCUT2D eigenvalue weighted by molar-refractivity contribution is 0.0760. The lowest BCUT2D eigenvalue weighted by Crippen LogP contribution is -2.42. The minimum atomic E-state index is 0.226. The molecule has 0 aromatic heterocycles. The zero-order valence-corrected chi connectivity index (χ0v) is 12.8. The lowest BCUT2D eigenvalue weighted by Gasteiger charge is -2.33. The predicted molar refractivity (Wildman–Crippen MR) is 85.7 cm³/mol. The van der Waals surface area contributed by atoms with Crippen molar-refractivity contribution in [2.45, 2.75) is 31.4 Å². The molecule has 1 atom stereocenters. The molecule has 1 unspecified atom stereocenters. The second-order valence-electron chi connectivity index (χ2n) is 5.51. The monoisotopic (exact) mass is 290 g/mol. The summed E-state index contributed by atoms with van der Waals surface area (Å²) in [7, 11) is 0. The molecule has 0 aliphatic carbocycles. The number of carbonyl (C=O) groups is 1. The van der Waals surface area contributed by atoms with Crippen LogP contribution in [0.5, 0.6) is 0 Å². The van der Waals surface area contributed by atoms with Crippen LogP contribution in [0.3, 0.4) is 0 Å². The van der Waals surface area contributed by atoms with Crippen LogP contribution in [0, 0.1) is 0 Å². The van der Waals surface area contributed by atoms with Gasteiger partial charge in [-0.1, -0.05) is 13.0 Å². The van der Waals surface area contributed by atoms with Crippen molar-refractivity contribution in [3.63, 3.8) is 0 Å². The van der Waals surface area contributed by atoms with E-state index < -0.39 is 0 Å². The van der Waals surface area contributed by atoms with E-state index in [4.69, 9.17) is 0 Å². The molecule has 2 aliphatic rings. The first kappa shape index (κ1) is 13.8. The Morgan fingerprint density at radius 2 is 2.40 bits per heavy atom. The zero-order valence-electron chi connectivity index (χ0n) is 12.0. The summed E-state index contributed by atoms with van der Waals surface area (Å²) in [5.41, 5.74) is 3.28. The summed E-state index contributed by atoms with van der Waals surface area (Å²) in [6, 6.07) is 6.09. The molecule has 1 amide bonds. The maximum atomic E-state index is 12.8. The van der Waals surface area contributed by atoms with E-state index in [9.17, 15) is 4.79 Å². The highest BCUT2D eigenvalue weighted by Gasteiger charge is 2.26. The Morgan fingerprint density at radius 1 is 1.50 bits per heavy atom. The first-order valence-electron chi connectivity index (χ1n) is 7.56. The average Bonchev–Trinajstić information content (AvgIpc) is 2.53. The van der Waals surface area contributed by atoms with E-state index in [-0.39, 0.29) is 5.91 Å². The number of nitrogens with zero attached hydrogens (tertiary/aromatic N) is 1. The van der Waals surface area contributed by atoms with Gasteiger partial charge >= 0.3 is 0 Å². The highest BCUT2D eigenvalue weighted by molar-refractivity contribution is 8.00. The van der Waals surface area contributed by atoms with Crippen LogP contribution in [0.2, 0.25) is 0 Å². The third-order valence-electron chi connectivity index (χ3n) is 4.21. The van der Waals surface area contributed by atoms with Gasteiger partial charge in [0.15, 0.2) is 0 Å². The van der Waals surface area contributed by atoms with Crippen molar-refractivity contribution in [3.8, 4) is 0 Å². The molecule has 108 valence electrons. The van der Waals surface area contributed by atoms with Gasteiger partial charge < -0.3 is 10.2 Å². The van der Waals surface area contributed by atoms with Crippen LogP contribution in [-0.4, -0.2) is 41.4 Å². The number of anilines is 1. The molecule has 0 spiro atoms. The smallest absolute Gasteiger partial charge is 0.254 e. The second kappa shape index (κ2) is 6.08. The van der Waals surface area contributed by atoms with E-state index in [2.05, 4.69) is 23.2 Å². The summed E-state index contributed by atoms with van der Waals surface area (Å²) in [5.74, 6) is 1.29. The SMILES string of the molecule is CCC1CN(C(=O)c2cccc3c2CCCN3)CCS1. The summed E-state index contributed by atoms with van der Waals surface area (Å²) in [6.45, 7) is 5.01. The van der Waals surface area contributed by atoms with Crippen molar-refractivity contribution >= 4 is 23.4 Å². The zero-order chi connectivity index (χ0) is 13.9. The molecular formula is C16H22N2OS. The standard InChI is InChI=1S/C16H22N2OS/c1-2-12-11-18(9-10-20-12)16(19)14-5-3-7-15-13(14)6-4-8-17-15/h3,5,7,12,17H,2,4,6,8-11H2,1H3. The van der Waals surface area contributed by atoms with E-state index in [0.717, 1.165) is 55.9 Å². The van der Waals surface area contributed by atoms with Crippen LogP contribution < -0.4 is 5.32 Å². The summed E-state index contributed by atoms with van der Waals surface area (Å²) in [5, 5.41) is 4.01. The fraction of sp³-hybridized carbons (Fsp3) is 0.562. The fourth-order valence-electron chi connectivity index (χ4n) is 3.03. The normalized spacial score (nSPS) is 22.1. The van der Waals surface area contributed by atoms with Gasteiger partial charge in [0.25, 0.3) is 5.91 Å². The summed E-state index contributed by atoms with van der Waals surface area (Å²) in [6.07, 6.45) is 3.28. The number of amides is 1. The Kier molecular flexibility index (Phi) is 4.20. The number of hydrogen-bond acceptors (Lipinski definition) is 3. The molecule has 1 N–H and O–H groups in total. The van der Waals surface area contributed by atoms with Crippen molar-refractivity contribution < 1.29 is 4.79 Å². The van der Waals surface area contributed by atoms with Crippen LogP contribution in [-0.2, 0) is 6.42 Å². The molecule has 2 aliphatic heterocycles. The number of nitrogens with one attached hydrogen (secondary N) is 1. The van der Waals surface area contributed by atoms with Crippen molar-refractivity contribution in [2.75, 3.05) is 30.7 Å². The largest absolute Gasteiger partial charge is 0.385 e. The number of carbonyl (C=O) groups excluding carboxylic acids is 1. The summed E-state index contributed by atoms with van der Waals surface area (Å²) >= 11 is 2.00. The Morgan fingerprint density at radius 3 is 3.25 bits per heavy atom. The average molecular weight is 290 g/mol. The highest BCUT2D eigenvalue weighted by Crippen LogP contribution is 2.28. The van der Waals surface area contributed by atoms with Gasteiger partial charge in [0.2, 0.25) is 0 Å². The van der Waals surface area contributed by atoms with Gasteiger partial charge in [-0.15, -0.1) is 0 Å². The van der Waals surface area contributed by atoms with E-state index in [1.807, 2.05) is 23.9 Å². The van der Waals surface area contributed by atoms with Gasteiger partial charge in [-0.05, 0) is 37.0 Å². The van der Waals surface area contributed by atoms with Crippen molar-refractivity contribution in [1.82, 2.24) is 4.90 Å². The van der Waals surface area contributed by atoms with Gasteiger partial charge in [-0.25, -0.2) is 0 Å². The molecule has 3 nitrogen and oxygen atoms in total. The topological polar surface area (TPSA) is 32.3 Å². The number of hydrogen-bond donors (Lipinski definition) is 1. The first-order chi connectivity index (χ1) is 9.79. The van der Waals surface area contributed by atoms with Gasteiger partial charge in [-0.3, -0.25) is 4.79 Å². The third-order valence-corrected chi connectivity index (χ3v) is 5.58. The summed E-state index contributed by atoms with van der Waals surface area (Å²) in [4.78, 5) is 14.9. The van der Waals surface area contributed by atoms with Crippen molar-refractivity contribution in [2.24, 2.45) is 0 Å². The predicted octanol–water partition coefficient (Wildman–Crippen LogP) is 3.01. The maximum Gasteiger partial charge on any atom is 0.254 e. The molecule has 0 saturated carbocycles. The quantitative estimate of drug-likeness (QED) is 0.908. The Balaban J connectivity index is 1.83. The molecule has 1 aromatic carbocycles. The molecule has 2 heterocycles. The van der Waals surface area contributed by atoms with Gasteiger partial charge in [0.05, 0.1) is 0 Å². The molecule has 0 bridgehead atoms. The molecule has 0 radical (unpaired) electrons. The maximum absolute atomic E-state index is 12.8. The first-order valence-corrected chi connectivity index (χ1v) is 8.61. The van der Waals surface area contributed by atoms with Gasteiger partial charge in [0.1, 0.15) is 0 Å². The Labute approximate surface area is 125 Å². The molecule has 1 saturated heterocycles. The molecule has 20 heavy (non-hydrogen) atoms. The fourth-order valence-corrected chi connectivity index (χ4v) is 4.21. The van der Waals surface area contributed by atoms with Crippen LogP contribution in [0.1, 0.15) is 35.7 Å². The molecular weight excluding hydrogens is 268 g/mol.